The number of carbonyl (C=O) groups excluding carboxylic acids is 1. The van der Waals surface area contributed by atoms with Gasteiger partial charge in [0.2, 0.25) is 0 Å². The van der Waals surface area contributed by atoms with Gasteiger partial charge in [0.1, 0.15) is 6.10 Å². The molecule has 35 heavy (non-hydrogen) atoms. The molecule has 1 atom stereocenters. The van der Waals surface area contributed by atoms with Crippen molar-refractivity contribution >= 4 is 11.9 Å². The van der Waals surface area contributed by atoms with E-state index in [0.717, 1.165) is 38.5 Å². The molecule has 1 unspecified atom stereocenters. The summed E-state index contributed by atoms with van der Waals surface area (Å²) in [4.78, 5) is 23.4. The van der Waals surface area contributed by atoms with Crippen molar-refractivity contribution in [2.45, 2.75) is 174 Å². The molecule has 4 nitrogen and oxygen atoms in total. The number of carbonyl (C=O) groups is 2. The lowest BCUT2D eigenvalue weighted by atomic mass is 10.0. The molecule has 0 rings (SSSR count). The van der Waals surface area contributed by atoms with Crippen molar-refractivity contribution in [2.24, 2.45) is 0 Å². The summed E-state index contributed by atoms with van der Waals surface area (Å²) in [7, 11) is 0. The molecule has 0 heterocycles. The average Bonchev–Trinajstić information content (AvgIpc) is 2.82. The van der Waals surface area contributed by atoms with E-state index in [4.69, 9.17) is 9.84 Å². The molecule has 0 aromatic heterocycles. The van der Waals surface area contributed by atoms with E-state index in [1.54, 1.807) is 0 Å². The summed E-state index contributed by atoms with van der Waals surface area (Å²) in [6.07, 6.45) is 30.7. The molecule has 0 bridgehead atoms. The topological polar surface area (TPSA) is 63.6 Å². The van der Waals surface area contributed by atoms with Crippen LogP contribution < -0.4 is 0 Å². The van der Waals surface area contributed by atoms with Gasteiger partial charge < -0.3 is 9.84 Å². The predicted molar refractivity (Wildman–Crippen MR) is 149 cm³/mol. The lowest BCUT2D eigenvalue weighted by Crippen LogP contribution is -2.21. The lowest BCUT2D eigenvalue weighted by molar-refractivity contribution is -0.153. The van der Waals surface area contributed by atoms with Crippen LogP contribution in [0.3, 0.4) is 0 Å². The van der Waals surface area contributed by atoms with Crippen LogP contribution in [0, 0.1) is 0 Å². The molecule has 0 saturated carbocycles. The van der Waals surface area contributed by atoms with Crippen molar-refractivity contribution < 1.29 is 19.4 Å². The number of aliphatic carboxylic acids is 1. The minimum atomic E-state index is -0.884. The van der Waals surface area contributed by atoms with Crippen molar-refractivity contribution in [3.63, 3.8) is 0 Å². The normalized spacial score (nSPS) is 12.3. The fourth-order valence-electron chi connectivity index (χ4n) is 4.47. The molecule has 206 valence electrons. The highest BCUT2D eigenvalue weighted by molar-refractivity contribution is 5.71. The molecule has 1 N–H and O–H groups in total. The summed E-state index contributed by atoms with van der Waals surface area (Å²) in [5.41, 5.74) is 0. The van der Waals surface area contributed by atoms with Crippen LogP contribution in [-0.4, -0.2) is 23.1 Å². The van der Waals surface area contributed by atoms with Crippen molar-refractivity contribution in [1.82, 2.24) is 0 Å². The Hall–Kier alpha value is -1.32. The number of esters is 1. The first-order valence-corrected chi connectivity index (χ1v) is 15.2. The van der Waals surface area contributed by atoms with Crippen LogP contribution in [0.1, 0.15) is 168 Å². The van der Waals surface area contributed by atoms with Crippen LogP contribution >= 0.6 is 0 Å². The standard InChI is InChI=1S/C31H58O4/c1-3-5-7-9-11-13-15-17-18-20-22-24-26-29(28-30(32)33)35-31(34)27-25-23-21-19-16-14-12-10-8-6-4-2/h10,12,29H,3-9,11,13-28H2,1-2H3,(H,32,33)/b12-10-. The number of hydrogen-bond acceptors (Lipinski definition) is 3. The van der Waals surface area contributed by atoms with Crippen molar-refractivity contribution in [2.75, 3.05) is 0 Å². The Labute approximate surface area is 217 Å². The maximum atomic E-state index is 12.2. The van der Waals surface area contributed by atoms with Gasteiger partial charge in [0.25, 0.3) is 0 Å². The van der Waals surface area contributed by atoms with Gasteiger partial charge in [0.05, 0.1) is 6.42 Å². The van der Waals surface area contributed by atoms with Crippen LogP contribution in [-0.2, 0) is 14.3 Å². The first kappa shape index (κ1) is 33.7. The summed E-state index contributed by atoms with van der Waals surface area (Å²) < 4.78 is 5.52. The molecule has 0 aliphatic carbocycles. The Kier molecular flexibility index (Phi) is 26.2. The monoisotopic (exact) mass is 494 g/mol. The quantitative estimate of drug-likeness (QED) is 0.0701. The second-order valence-corrected chi connectivity index (χ2v) is 10.3. The van der Waals surface area contributed by atoms with E-state index in [2.05, 4.69) is 26.0 Å². The minimum absolute atomic E-state index is 0.0739. The Morgan fingerprint density at radius 2 is 1.09 bits per heavy atom. The van der Waals surface area contributed by atoms with E-state index >= 15 is 0 Å². The number of carboxylic acid groups (broad SMARTS) is 1. The summed E-state index contributed by atoms with van der Waals surface area (Å²) in [6.45, 7) is 4.47. The zero-order valence-electron chi connectivity index (χ0n) is 23.4. The van der Waals surface area contributed by atoms with E-state index < -0.39 is 12.1 Å². The van der Waals surface area contributed by atoms with Gasteiger partial charge in [-0.05, 0) is 38.5 Å². The maximum absolute atomic E-state index is 12.2. The Bertz CT molecular complexity index is 500. The van der Waals surface area contributed by atoms with Gasteiger partial charge in [-0.2, -0.15) is 0 Å². The molecular weight excluding hydrogens is 436 g/mol. The summed E-state index contributed by atoms with van der Waals surface area (Å²) in [5, 5.41) is 9.17. The van der Waals surface area contributed by atoms with Crippen molar-refractivity contribution in [3.05, 3.63) is 12.2 Å². The third-order valence-electron chi connectivity index (χ3n) is 6.72. The van der Waals surface area contributed by atoms with Gasteiger partial charge in [-0.3, -0.25) is 9.59 Å². The molecule has 4 heteroatoms. The van der Waals surface area contributed by atoms with E-state index in [9.17, 15) is 9.59 Å². The second-order valence-electron chi connectivity index (χ2n) is 10.3. The second kappa shape index (κ2) is 27.3. The van der Waals surface area contributed by atoms with Gasteiger partial charge in [0, 0.05) is 6.42 Å². The third-order valence-corrected chi connectivity index (χ3v) is 6.72. The molecule has 0 amide bonds. The minimum Gasteiger partial charge on any atom is -0.481 e. The molecule has 0 saturated heterocycles. The van der Waals surface area contributed by atoms with Gasteiger partial charge >= 0.3 is 11.9 Å². The molecule has 0 fully saturated rings. The maximum Gasteiger partial charge on any atom is 0.307 e. The van der Waals surface area contributed by atoms with Gasteiger partial charge in [-0.25, -0.2) is 0 Å². The predicted octanol–water partition coefficient (Wildman–Crippen LogP) is 9.94. The van der Waals surface area contributed by atoms with E-state index in [1.165, 1.54) is 96.3 Å². The van der Waals surface area contributed by atoms with Crippen LogP contribution in [0.5, 0.6) is 0 Å². The molecule has 0 aromatic carbocycles. The van der Waals surface area contributed by atoms with E-state index in [-0.39, 0.29) is 12.4 Å². The Balaban J connectivity index is 3.72. The average molecular weight is 495 g/mol. The molecule has 0 aliphatic heterocycles. The number of unbranched alkanes of at least 4 members (excludes halogenated alkanes) is 18. The summed E-state index contributed by atoms with van der Waals surface area (Å²) in [6, 6.07) is 0. The van der Waals surface area contributed by atoms with Crippen LogP contribution in [0.2, 0.25) is 0 Å². The van der Waals surface area contributed by atoms with Gasteiger partial charge in [-0.15, -0.1) is 0 Å². The highest BCUT2D eigenvalue weighted by Crippen LogP contribution is 2.16. The first-order chi connectivity index (χ1) is 17.1. The summed E-state index contributed by atoms with van der Waals surface area (Å²) >= 11 is 0. The Morgan fingerprint density at radius 1 is 0.629 bits per heavy atom. The zero-order valence-corrected chi connectivity index (χ0v) is 23.4. The van der Waals surface area contributed by atoms with Gasteiger partial charge in [0.15, 0.2) is 0 Å². The summed E-state index contributed by atoms with van der Waals surface area (Å²) in [5.74, 6) is -1.11. The number of ether oxygens (including phenoxy) is 1. The molecule has 0 radical (unpaired) electrons. The number of hydrogen-bond donors (Lipinski definition) is 1. The fourth-order valence-corrected chi connectivity index (χ4v) is 4.47. The van der Waals surface area contributed by atoms with Crippen LogP contribution in [0.25, 0.3) is 0 Å². The number of rotatable bonds is 27. The van der Waals surface area contributed by atoms with E-state index in [0.29, 0.717) is 12.8 Å². The largest absolute Gasteiger partial charge is 0.481 e. The molecular formula is C31H58O4. The first-order valence-electron chi connectivity index (χ1n) is 15.2. The molecule has 0 aromatic rings. The molecule has 0 aliphatic rings. The number of carboxylic acids is 1. The zero-order chi connectivity index (χ0) is 25.8. The number of allylic oxidation sites excluding steroid dienone is 2. The van der Waals surface area contributed by atoms with Crippen LogP contribution in [0.4, 0.5) is 0 Å². The van der Waals surface area contributed by atoms with Gasteiger partial charge in [-0.1, -0.05) is 129 Å². The Morgan fingerprint density at radius 3 is 1.63 bits per heavy atom. The highest BCUT2D eigenvalue weighted by Gasteiger charge is 2.17. The smallest absolute Gasteiger partial charge is 0.307 e. The van der Waals surface area contributed by atoms with Crippen LogP contribution in [0.15, 0.2) is 12.2 Å². The van der Waals surface area contributed by atoms with Crippen molar-refractivity contribution in [3.8, 4) is 0 Å². The SMILES string of the molecule is CCCC/C=C\CCCCCCCC(=O)OC(CCCCCCCCCCCCCC)CC(=O)O. The van der Waals surface area contributed by atoms with E-state index in [1.807, 2.05) is 0 Å². The van der Waals surface area contributed by atoms with Crippen molar-refractivity contribution in [1.29, 1.82) is 0 Å². The highest BCUT2D eigenvalue weighted by atomic mass is 16.5. The fraction of sp³-hybridized carbons (Fsp3) is 0.871. The third kappa shape index (κ3) is 27.1. The molecule has 0 spiro atoms. The lowest BCUT2D eigenvalue weighted by Gasteiger charge is -2.16.